The van der Waals surface area contributed by atoms with Gasteiger partial charge in [-0.1, -0.05) is 66.7 Å². The maximum atomic E-state index is 13.9. The van der Waals surface area contributed by atoms with Gasteiger partial charge in [0.1, 0.15) is 5.92 Å². The van der Waals surface area contributed by atoms with E-state index in [0.29, 0.717) is 16.8 Å². The zero-order chi connectivity index (χ0) is 32.6. The molecule has 11 heteroatoms. The van der Waals surface area contributed by atoms with Crippen LogP contribution >= 0.6 is 0 Å². The standard InChI is InChI=1S/C34H31F3N4O4/c35-34(36,37)24-16-14-23(15-17-24)33(45)41-26(19-21-9-3-1-4-10-21)27(42)20-28(43)30(32(38)39)31(44)29(22-11-5-2-6-12-22)25-13-7-8-18-40-25/h1-18,26,29-30,32H,19-20,38-39H2,(H,41,45)/t26-,29?,30?/m0/s1. The van der Waals surface area contributed by atoms with Crippen molar-refractivity contribution in [1.82, 2.24) is 10.3 Å². The number of halogens is 3. The molecule has 0 bridgehead atoms. The smallest absolute Gasteiger partial charge is 0.342 e. The third kappa shape index (κ3) is 8.55. The Morgan fingerprint density at radius 3 is 1.91 bits per heavy atom. The number of nitrogens with two attached hydrogens (primary N) is 2. The van der Waals surface area contributed by atoms with Crippen LogP contribution in [0.3, 0.4) is 0 Å². The number of pyridine rings is 1. The van der Waals surface area contributed by atoms with Crippen molar-refractivity contribution in [2.24, 2.45) is 17.4 Å². The Balaban J connectivity index is 1.58. The SMILES string of the molecule is NC(N)C(C(=O)CC(=O)[C@H](Cc1ccccc1)NC(=O)c1ccc(C(F)(F)F)cc1)C(=O)C(c1ccccc1)c1ccccn1. The number of nitrogens with one attached hydrogen (secondary N) is 1. The first-order chi connectivity index (χ1) is 21.5. The molecule has 0 aliphatic heterocycles. The highest BCUT2D eigenvalue weighted by Crippen LogP contribution is 2.30. The molecular formula is C34H31F3N4O4. The van der Waals surface area contributed by atoms with Crippen LogP contribution < -0.4 is 16.8 Å². The number of nitrogens with zero attached hydrogens (tertiary/aromatic N) is 1. The lowest BCUT2D eigenvalue weighted by atomic mass is 9.80. The Hall–Kier alpha value is -5.00. The van der Waals surface area contributed by atoms with E-state index in [1.807, 2.05) is 0 Å². The van der Waals surface area contributed by atoms with Gasteiger partial charge in [0.25, 0.3) is 5.91 Å². The Labute approximate surface area is 257 Å². The van der Waals surface area contributed by atoms with Gasteiger partial charge in [0, 0.05) is 11.8 Å². The molecule has 0 radical (unpaired) electrons. The minimum absolute atomic E-state index is 0.0206. The number of hydrogen-bond donors (Lipinski definition) is 3. The van der Waals surface area contributed by atoms with E-state index in [4.69, 9.17) is 11.5 Å². The number of rotatable bonds is 13. The molecule has 1 heterocycles. The topological polar surface area (TPSA) is 145 Å². The van der Waals surface area contributed by atoms with E-state index in [9.17, 15) is 32.3 Å². The van der Waals surface area contributed by atoms with Gasteiger partial charge in [-0.3, -0.25) is 24.2 Å². The van der Waals surface area contributed by atoms with Crippen molar-refractivity contribution in [3.8, 4) is 0 Å². The summed E-state index contributed by atoms with van der Waals surface area (Å²) in [6, 6.07) is 24.6. The van der Waals surface area contributed by atoms with E-state index in [1.54, 1.807) is 78.9 Å². The van der Waals surface area contributed by atoms with Gasteiger partial charge in [0.15, 0.2) is 17.3 Å². The average Bonchev–Trinajstić information content (AvgIpc) is 3.02. The molecule has 0 saturated carbocycles. The summed E-state index contributed by atoms with van der Waals surface area (Å²) >= 11 is 0. The fourth-order valence-corrected chi connectivity index (χ4v) is 4.97. The van der Waals surface area contributed by atoms with Crippen LogP contribution in [0.2, 0.25) is 0 Å². The summed E-state index contributed by atoms with van der Waals surface area (Å²) in [5.74, 6) is -5.58. The van der Waals surface area contributed by atoms with Crippen molar-refractivity contribution in [3.05, 3.63) is 137 Å². The number of ketones is 3. The van der Waals surface area contributed by atoms with Crippen LogP contribution in [0.25, 0.3) is 0 Å². The lowest BCUT2D eigenvalue weighted by molar-refractivity contribution is -0.138. The first kappa shape index (κ1) is 32.9. The van der Waals surface area contributed by atoms with Gasteiger partial charge >= 0.3 is 6.18 Å². The minimum atomic E-state index is -4.59. The van der Waals surface area contributed by atoms with Gasteiger partial charge in [-0.05, 0) is 53.9 Å². The highest BCUT2D eigenvalue weighted by molar-refractivity contribution is 6.13. The number of Topliss-reactive ketones (excluding diaryl/α,β-unsaturated/α-hetero) is 3. The van der Waals surface area contributed by atoms with Gasteiger partial charge in [0.05, 0.1) is 35.8 Å². The molecule has 0 spiro atoms. The predicted octanol–water partition coefficient (Wildman–Crippen LogP) is 4.23. The molecule has 0 saturated heterocycles. The van der Waals surface area contributed by atoms with Crippen molar-refractivity contribution >= 4 is 23.3 Å². The van der Waals surface area contributed by atoms with Crippen LogP contribution in [0.1, 0.15) is 45.1 Å². The first-order valence-corrected chi connectivity index (χ1v) is 14.0. The van der Waals surface area contributed by atoms with E-state index in [-0.39, 0.29) is 12.0 Å². The molecule has 0 fully saturated rings. The molecule has 45 heavy (non-hydrogen) atoms. The second kappa shape index (κ2) is 14.7. The monoisotopic (exact) mass is 616 g/mol. The third-order valence-corrected chi connectivity index (χ3v) is 7.24. The molecule has 1 amide bonds. The van der Waals surface area contributed by atoms with Crippen LogP contribution in [0.5, 0.6) is 0 Å². The van der Waals surface area contributed by atoms with Crippen LogP contribution in [-0.4, -0.2) is 40.4 Å². The zero-order valence-electron chi connectivity index (χ0n) is 24.0. The molecular weight excluding hydrogens is 585 g/mol. The van der Waals surface area contributed by atoms with Gasteiger partial charge in [-0.25, -0.2) is 0 Å². The summed E-state index contributed by atoms with van der Waals surface area (Å²) in [5.41, 5.74) is 12.4. The fraction of sp³-hybridized carbons (Fsp3) is 0.206. The Morgan fingerprint density at radius 2 is 1.36 bits per heavy atom. The Morgan fingerprint density at radius 1 is 0.756 bits per heavy atom. The number of benzene rings is 3. The number of carbonyl (C=O) groups is 4. The van der Waals surface area contributed by atoms with Crippen molar-refractivity contribution in [3.63, 3.8) is 0 Å². The molecule has 4 rings (SSSR count). The lowest BCUT2D eigenvalue weighted by Crippen LogP contribution is -2.50. The van der Waals surface area contributed by atoms with Crippen LogP contribution in [0.15, 0.2) is 109 Å². The highest BCUT2D eigenvalue weighted by Gasteiger charge is 2.39. The van der Waals surface area contributed by atoms with Gasteiger partial charge < -0.3 is 16.8 Å². The third-order valence-electron chi connectivity index (χ3n) is 7.24. The number of alkyl halides is 3. The van der Waals surface area contributed by atoms with Crippen LogP contribution in [-0.2, 0) is 27.0 Å². The summed E-state index contributed by atoms with van der Waals surface area (Å²) in [5, 5.41) is 2.54. The van der Waals surface area contributed by atoms with Gasteiger partial charge in [-0.15, -0.1) is 0 Å². The minimum Gasteiger partial charge on any atom is -0.342 e. The molecule has 0 aliphatic rings. The molecule has 4 aromatic rings. The summed E-state index contributed by atoms with van der Waals surface area (Å²) in [4.78, 5) is 58.5. The molecule has 3 atom stereocenters. The Kier molecular flexibility index (Phi) is 10.7. The summed E-state index contributed by atoms with van der Waals surface area (Å²) in [7, 11) is 0. The highest BCUT2D eigenvalue weighted by atomic mass is 19.4. The normalized spacial score (nSPS) is 13.5. The zero-order valence-corrected chi connectivity index (χ0v) is 24.0. The van der Waals surface area contributed by atoms with Crippen molar-refractivity contribution in [2.45, 2.75) is 37.1 Å². The molecule has 0 aliphatic carbocycles. The quantitative estimate of drug-likeness (QED) is 0.151. The maximum Gasteiger partial charge on any atom is 0.416 e. The largest absolute Gasteiger partial charge is 0.416 e. The van der Waals surface area contributed by atoms with E-state index < -0.39 is 65.5 Å². The second-order valence-electron chi connectivity index (χ2n) is 10.5. The number of hydrogen-bond acceptors (Lipinski definition) is 7. The predicted molar refractivity (Wildman–Crippen MR) is 161 cm³/mol. The molecule has 8 nitrogen and oxygen atoms in total. The van der Waals surface area contributed by atoms with E-state index in [1.165, 1.54) is 6.20 Å². The number of aromatic nitrogens is 1. The van der Waals surface area contributed by atoms with Crippen molar-refractivity contribution in [2.75, 3.05) is 0 Å². The average molecular weight is 617 g/mol. The summed E-state index contributed by atoms with van der Waals surface area (Å²) < 4.78 is 39.0. The molecule has 2 unspecified atom stereocenters. The van der Waals surface area contributed by atoms with Gasteiger partial charge in [0.2, 0.25) is 0 Å². The van der Waals surface area contributed by atoms with Crippen LogP contribution in [0.4, 0.5) is 13.2 Å². The fourth-order valence-electron chi connectivity index (χ4n) is 4.97. The number of amides is 1. The van der Waals surface area contributed by atoms with E-state index >= 15 is 0 Å². The lowest BCUT2D eigenvalue weighted by Gasteiger charge is -2.25. The molecule has 3 aromatic carbocycles. The van der Waals surface area contributed by atoms with Crippen molar-refractivity contribution < 1.29 is 32.3 Å². The maximum absolute atomic E-state index is 13.9. The summed E-state index contributed by atoms with van der Waals surface area (Å²) in [6.45, 7) is 0. The molecule has 232 valence electrons. The second-order valence-corrected chi connectivity index (χ2v) is 10.5. The van der Waals surface area contributed by atoms with Gasteiger partial charge in [-0.2, -0.15) is 13.2 Å². The van der Waals surface area contributed by atoms with Crippen LogP contribution in [0, 0.1) is 5.92 Å². The number of carbonyl (C=O) groups excluding carboxylic acids is 4. The van der Waals surface area contributed by atoms with E-state index in [0.717, 1.165) is 24.3 Å². The van der Waals surface area contributed by atoms with E-state index in [2.05, 4.69) is 10.3 Å². The Bertz CT molecular complexity index is 1580. The summed E-state index contributed by atoms with van der Waals surface area (Å²) in [6.07, 6.45) is -5.32. The molecule has 5 N–H and O–H groups in total. The molecule has 1 aromatic heterocycles. The first-order valence-electron chi connectivity index (χ1n) is 14.0. The van der Waals surface area contributed by atoms with Crippen molar-refractivity contribution in [1.29, 1.82) is 0 Å².